The zero-order valence-electron chi connectivity index (χ0n) is 12.1. The molecule has 2 heterocycles. The van der Waals surface area contributed by atoms with Crippen molar-refractivity contribution in [3.63, 3.8) is 0 Å². The van der Waals surface area contributed by atoms with E-state index in [2.05, 4.69) is 18.9 Å². The zero-order valence-corrected chi connectivity index (χ0v) is 12.9. The highest BCUT2D eigenvalue weighted by Gasteiger charge is 2.33. The number of urea groups is 1. The maximum atomic E-state index is 12.6. The van der Waals surface area contributed by atoms with Gasteiger partial charge in [0, 0.05) is 43.7 Å². The van der Waals surface area contributed by atoms with Gasteiger partial charge in [-0.3, -0.25) is 4.79 Å². The lowest BCUT2D eigenvalue weighted by atomic mass is 10.2. The number of hydrogen-bond acceptors (Lipinski definition) is 4. The number of carboxylic acid groups (broad SMARTS) is 1. The van der Waals surface area contributed by atoms with Gasteiger partial charge >= 0.3 is 12.0 Å². The van der Waals surface area contributed by atoms with Crippen LogP contribution in [0.2, 0.25) is 0 Å². The predicted molar refractivity (Wildman–Crippen MR) is 79.1 cm³/mol. The summed E-state index contributed by atoms with van der Waals surface area (Å²) in [6.07, 6.45) is 0.0437. The van der Waals surface area contributed by atoms with Gasteiger partial charge in [-0.25, -0.2) is 4.79 Å². The number of carbonyl (C=O) groups is 2. The molecule has 2 aliphatic rings. The van der Waals surface area contributed by atoms with Gasteiger partial charge in [-0.1, -0.05) is 0 Å². The molecule has 20 heavy (non-hydrogen) atoms. The van der Waals surface area contributed by atoms with Crippen LogP contribution in [-0.4, -0.2) is 88.6 Å². The largest absolute Gasteiger partial charge is 0.481 e. The van der Waals surface area contributed by atoms with Crippen molar-refractivity contribution in [3.8, 4) is 0 Å². The lowest BCUT2D eigenvalue weighted by molar-refractivity contribution is -0.138. The van der Waals surface area contributed by atoms with Crippen LogP contribution in [0.15, 0.2) is 0 Å². The van der Waals surface area contributed by atoms with Crippen molar-refractivity contribution in [2.75, 3.05) is 44.7 Å². The zero-order chi connectivity index (χ0) is 14.7. The summed E-state index contributed by atoms with van der Waals surface area (Å²) in [5.41, 5.74) is 0. The molecule has 2 saturated heterocycles. The van der Waals surface area contributed by atoms with Crippen molar-refractivity contribution >= 4 is 23.8 Å². The standard InChI is InChI=1S/C13H23N3O3S/c1-10-8-15(4-3-14(10)2)13(19)16-5-6-20-9-11(16)7-12(17)18/h10-11H,3-9H2,1-2H3,(H,17,18). The Bertz CT molecular complexity index is 380. The summed E-state index contributed by atoms with van der Waals surface area (Å²) in [5, 5.41) is 8.98. The number of nitrogens with zero attached hydrogens (tertiary/aromatic N) is 3. The molecule has 0 aromatic carbocycles. The second-order valence-corrected chi connectivity index (χ2v) is 6.73. The molecule has 0 radical (unpaired) electrons. The van der Waals surface area contributed by atoms with E-state index in [1.54, 1.807) is 16.7 Å². The van der Waals surface area contributed by atoms with E-state index in [0.717, 1.165) is 31.1 Å². The molecule has 2 rings (SSSR count). The van der Waals surface area contributed by atoms with Gasteiger partial charge in [0.15, 0.2) is 0 Å². The van der Waals surface area contributed by atoms with Crippen LogP contribution in [0.1, 0.15) is 13.3 Å². The molecule has 1 N–H and O–H groups in total. The minimum absolute atomic E-state index is 0.0106. The lowest BCUT2D eigenvalue weighted by Crippen LogP contribution is -2.58. The third-order valence-electron chi connectivity index (χ3n) is 4.11. The summed E-state index contributed by atoms with van der Waals surface area (Å²) >= 11 is 1.73. The molecular formula is C13H23N3O3S. The van der Waals surface area contributed by atoms with Crippen LogP contribution in [0.4, 0.5) is 4.79 Å². The quantitative estimate of drug-likeness (QED) is 0.811. The molecule has 2 atom stereocenters. The number of aliphatic carboxylic acids is 1. The first kappa shape index (κ1) is 15.4. The van der Waals surface area contributed by atoms with E-state index in [4.69, 9.17) is 5.11 Å². The van der Waals surface area contributed by atoms with E-state index in [-0.39, 0.29) is 18.5 Å². The molecule has 0 saturated carbocycles. The van der Waals surface area contributed by atoms with Gasteiger partial charge in [-0.2, -0.15) is 11.8 Å². The minimum Gasteiger partial charge on any atom is -0.481 e. The van der Waals surface area contributed by atoms with Crippen LogP contribution in [0.25, 0.3) is 0 Å². The van der Waals surface area contributed by atoms with Crippen molar-refractivity contribution in [3.05, 3.63) is 0 Å². The van der Waals surface area contributed by atoms with Crippen LogP contribution < -0.4 is 0 Å². The highest BCUT2D eigenvalue weighted by Crippen LogP contribution is 2.21. The van der Waals surface area contributed by atoms with E-state index in [0.29, 0.717) is 12.6 Å². The lowest BCUT2D eigenvalue weighted by Gasteiger charge is -2.43. The molecule has 114 valence electrons. The first-order valence-corrected chi connectivity index (χ1v) is 8.20. The molecule has 2 unspecified atom stereocenters. The van der Waals surface area contributed by atoms with E-state index >= 15 is 0 Å². The van der Waals surface area contributed by atoms with Gasteiger partial charge in [0.1, 0.15) is 0 Å². The van der Waals surface area contributed by atoms with Crippen molar-refractivity contribution in [2.45, 2.75) is 25.4 Å². The van der Waals surface area contributed by atoms with Crippen LogP contribution in [0, 0.1) is 0 Å². The van der Waals surface area contributed by atoms with Crippen LogP contribution in [-0.2, 0) is 4.79 Å². The van der Waals surface area contributed by atoms with Crippen molar-refractivity contribution in [1.29, 1.82) is 0 Å². The Kier molecular flexibility index (Phi) is 5.15. The molecule has 2 amide bonds. The molecule has 2 aliphatic heterocycles. The van der Waals surface area contributed by atoms with E-state index in [1.807, 2.05) is 4.90 Å². The average molecular weight is 301 g/mol. The maximum absolute atomic E-state index is 12.6. The second-order valence-electron chi connectivity index (χ2n) is 5.58. The number of hydrogen-bond donors (Lipinski definition) is 1. The predicted octanol–water partition coefficient (Wildman–Crippen LogP) is 0.634. The number of piperazine rings is 1. The van der Waals surface area contributed by atoms with Crippen molar-refractivity contribution in [1.82, 2.24) is 14.7 Å². The van der Waals surface area contributed by atoms with Gasteiger partial charge in [-0.05, 0) is 14.0 Å². The number of thioether (sulfide) groups is 1. The molecule has 0 bridgehead atoms. The van der Waals surface area contributed by atoms with E-state index in [1.165, 1.54) is 0 Å². The third-order valence-corrected chi connectivity index (χ3v) is 5.21. The first-order chi connectivity index (χ1) is 9.49. The maximum Gasteiger partial charge on any atom is 0.320 e. The SMILES string of the molecule is CC1CN(C(=O)N2CCSCC2CC(=O)O)CCN1C. The molecule has 0 aromatic rings. The van der Waals surface area contributed by atoms with E-state index in [9.17, 15) is 9.59 Å². The number of carboxylic acids is 1. The van der Waals surface area contributed by atoms with E-state index < -0.39 is 5.97 Å². The summed E-state index contributed by atoms with van der Waals surface area (Å²) in [6, 6.07) is 0.190. The Morgan fingerprint density at radius 3 is 2.70 bits per heavy atom. The molecule has 7 heteroatoms. The van der Waals surface area contributed by atoms with Crippen molar-refractivity contribution < 1.29 is 14.7 Å². The number of likely N-dealkylation sites (N-methyl/N-ethyl adjacent to an activating group) is 1. The summed E-state index contributed by atoms with van der Waals surface area (Å²) in [7, 11) is 2.07. The van der Waals surface area contributed by atoms with Gasteiger partial charge in [0.2, 0.25) is 0 Å². The third kappa shape index (κ3) is 3.58. The monoisotopic (exact) mass is 301 g/mol. The fraction of sp³-hybridized carbons (Fsp3) is 0.846. The minimum atomic E-state index is -0.831. The number of rotatable bonds is 2. The van der Waals surface area contributed by atoms with Gasteiger partial charge in [0.05, 0.1) is 12.5 Å². The molecular weight excluding hydrogens is 278 g/mol. The fourth-order valence-electron chi connectivity index (χ4n) is 2.68. The van der Waals surface area contributed by atoms with Gasteiger partial charge < -0.3 is 19.8 Å². The Labute approximate surface area is 124 Å². The van der Waals surface area contributed by atoms with Crippen LogP contribution >= 0.6 is 11.8 Å². The van der Waals surface area contributed by atoms with Crippen molar-refractivity contribution in [2.24, 2.45) is 0 Å². The number of amides is 2. The Morgan fingerprint density at radius 1 is 1.30 bits per heavy atom. The topological polar surface area (TPSA) is 64.1 Å². The smallest absolute Gasteiger partial charge is 0.320 e. The first-order valence-electron chi connectivity index (χ1n) is 7.04. The summed E-state index contributed by atoms with van der Waals surface area (Å²) in [5.74, 6) is 0.786. The summed E-state index contributed by atoms with van der Waals surface area (Å²) in [4.78, 5) is 29.4. The summed E-state index contributed by atoms with van der Waals surface area (Å²) < 4.78 is 0. The highest BCUT2D eigenvalue weighted by molar-refractivity contribution is 7.99. The summed E-state index contributed by atoms with van der Waals surface area (Å²) in [6.45, 7) is 5.09. The van der Waals surface area contributed by atoms with Crippen LogP contribution in [0.5, 0.6) is 0 Å². The molecule has 2 fully saturated rings. The molecule has 0 spiro atoms. The fourth-order valence-corrected chi connectivity index (χ4v) is 3.74. The molecule has 0 aromatic heterocycles. The van der Waals surface area contributed by atoms with Crippen LogP contribution in [0.3, 0.4) is 0 Å². The normalized spacial score (nSPS) is 28.5. The number of carbonyl (C=O) groups excluding carboxylic acids is 1. The highest BCUT2D eigenvalue weighted by atomic mass is 32.2. The van der Waals surface area contributed by atoms with Gasteiger partial charge in [0.25, 0.3) is 0 Å². The Hall–Kier alpha value is -0.950. The second kappa shape index (κ2) is 6.67. The molecule has 0 aliphatic carbocycles. The van der Waals surface area contributed by atoms with Gasteiger partial charge in [-0.15, -0.1) is 0 Å². The Balaban J connectivity index is 2.00. The molecule has 6 nitrogen and oxygen atoms in total. The average Bonchev–Trinajstić information content (AvgIpc) is 2.41. The Morgan fingerprint density at radius 2 is 2.05 bits per heavy atom.